The molecule has 0 spiro atoms. The van der Waals surface area contributed by atoms with Gasteiger partial charge in [0, 0.05) is 18.6 Å². The third-order valence-corrected chi connectivity index (χ3v) is 5.48. The average Bonchev–Trinajstić information content (AvgIpc) is 3.06. The number of hydrogen-bond acceptors (Lipinski definition) is 6. The monoisotopic (exact) mass is 409 g/mol. The lowest BCUT2D eigenvalue weighted by molar-refractivity contribution is -0.121. The van der Waals surface area contributed by atoms with Crippen molar-refractivity contribution in [2.24, 2.45) is 4.99 Å². The van der Waals surface area contributed by atoms with Crippen LogP contribution in [0, 0.1) is 0 Å². The molecule has 1 amide bonds. The minimum absolute atomic E-state index is 0.0373. The fourth-order valence-electron chi connectivity index (χ4n) is 3.92. The Morgan fingerprint density at radius 3 is 2.77 bits per heavy atom. The Hall–Kier alpha value is -3.06. The van der Waals surface area contributed by atoms with Crippen LogP contribution in [-0.4, -0.2) is 48.2 Å². The summed E-state index contributed by atoms with van der Waals surface area (Å²) in [6, 6.07) is 13.5. The molecule has 0 bridgehead atoms. The van der Waals surface area contributed by atoms with Gasteiger partial charge in [-0.1, -0.05) is 30.3 Å². The zero-order valence-corrected chi connectivity index (χ0v) is 17.1. The second-order valence-electron chi connectivity index (χ2n) is 7.49. The number of nitrogens with zero attached hydrogens (tertiary/aromatic N) is 2. The van der Waals surface area contributed by atoms with E-state index in [0.717, 1.165) is 36.1 Å². The first kappa shape index (κ1) is 20.2. The van der Waals surface area contributed by atoms with Gasteiger partial charge in [0.05, 0.1) is 25.9 Å². The zero-order valence-electron chi connectivity index (χ0n) is 17.1. The van der Waals surface area contributed by atoms with E-state index in [1.54, 1.807) is 7.11 Å². The number of carbonyl (C=O) groups excluding carboxylic acids is 1. The Bertz CT molecular complexity index is 930. The Kier molecular flexibility index (Phi) is 6.18. The lowest BCUT2D eigenvalue weighted by atomic mass is 10.0. The maximum atomic E-state index is 12.6. The summed E-state index contributed by atoms with van der Waals surface area (Å²) in [5.41, 5.74) is 2.81. The van der Waals surface area contributed by atoms with Crippen LogP contribution in [0.15, 0.2) is 47.5 Å². The van der Waals surface area contributed by atoms with Gasteiger partial charge in [0.15, 0.2) is 11.5 Å². The first-order chi connectivity index (χ1) is 14.7. The molecule has 0 radical (unpaired) electrons. The predicted octanol–water partition coefficient (Wildman–Crippen LogP) is 2.78. The molecule has 158 valence electrons. The van der Waals surface area contributed by atoms with E-state index in [2.05, 4.69) is 10.3 Å². The topological polar surface area (TPSA) is 83.4 Å². The highest BCUT2D eigenvalue weighted by Gasteiger charge is 2.40. The molecule has 2 aliphatic heterocycles. The molecule has 2 aromatic rings. The predicted molar refractivity (Wildman–Crippen MR) is 114 cm³/mol. The van der Waals surface area contributed by atoms with E-state index in [9.17, 15) is 4.79 Å². The van der Waals surface area contributed by atoms with E-state index in [1.807, 2.05) is 47.4 Å². The number of unbranched alkanes of at least 4 members (excludes halogenated alkanes) is 2. The molecule has 2 N–H and O–H groups in total. The molecule has 0 aliphatic carbocycles. The number of aliphatic hydroxyl groups is 1. The molecule has 1 saturated heterocycles. The van der Waals surface area contributed by atoms with E-state index >= 15 is 0 Å². The fraction of sp³-hybridized carbons (Fsp3) is 0.391. The molecular weight excluding hydrogens is 382 g/mol. The van der Waals surface area contributed by atoms with E-state index in [1.165, 1.54) is 0 Å². The third kappa shape index (κ3) is 4.11. The lowest BCUT2D eigenvalue weighted by Crippen LogP contribution is -2.38. The third-order valence-electron chi connectivity index (χ3n) is 5.48. The van der Waals surface area contributed by atoms with Crippen LogP contribution in [0.2, 0.25) is 0 Å². The molecule has 4 rings (SSSR count). The maximum Gasteiger partial charge on any atom is 0.249 e. The molecule has 7 nitrogen and oxygen atoms in total. The van der Waals surface area contributed by atoms with Crippen LogP contribution in [0.5, 0.6) is 11.5 Å². The number of guanidine groups is 1. The van der Waals surface area contributed by atoms with Gasteiger partial charge >= 0.3 is 0 Å². The number of benzene rings is 2. The molecular formula is C23H27N3O4. The summed E-state index contributed by atoms with van der Waals surface area (Å²) < 4.78 is 11.6. The van der Waals surface area contributed by atoms with Gasteiger partial charge in [-0.3, -0.25) is 10.1 Å². The van der Waals surface area contributed by atoms with Crippen LogP contribution >= 0.6 is 0 Å². The molecule has 1 fully saturated rings. The fourth-order valence-corrected chi connectivity index (χ4v) is 3.92. The summed E-state index contributed by atoms with van der Waals surface area (Å²) in [6.45, 7) is 1.29. The van der Waals surface area contributed by atoms with Crippen molar-refractivity contribution in [3.63, 3.8) is 0 Å². The SMILES string of the molecule is COc1c(OCCCCCO)ccc2c1CN1C(=N2)NC(=O)C1Cc1ccccc1. The molecule has 1 unspecified atom stereocenters. The van der Waals surface area contributed by atoms with Crippen molar-refractivity contribution in [2.45, 2.75) is 38.3 Å². The van der Waals surface area contributed by atoms with Gasteiger partial charge in [0.25, 0.3) is 0 Å². The van der Waals surface area contributed by atoms with Crippen LogP contribution in [0.4, 0.5) is 5.69 Å². The number of aliphatic imine (C=N–C) groups is 1. The Morgan fingerprint density at radius 2 is 2.00 bits per heavy atom. The largest absolute Gasteiger partial charge is 0.492 e. The minimum atomic E-state index is -0.313. The van der Waals surface area contributed by atoms with Crippen molar-refractivity contribution >= 4 is 17.6 Å². The van der Waals surface area contributed by atoms with Crippen molar-refractivity contribution in [3.05, 3.63) is 53.6 Å². The highest BCUT2D eigenvalue weighted by molar-refractivity contribution is 6.08. The van der Waals surface area contributed by atoms with Gasteiger partial charge in [0.2, 0.25) is 11.9 Å². The van der Waals surface area contributed by atoms with Gasteiger partial charge in [-0.25, -0.2) is 4.99 Å². The number of hydrogen-bond donors (Lipinski definition) is 2. The van der Waals surface area contributed by atoms with Crippen molar-refractivity contribution in [3.8, 4) is 11.5 Å². The molecule has 1 atom stereocenters. The molecule has 2 aliphatic rings. The molecule has 2 heterocycles. The lowest BCUT2D eigenvalue weighted by Gasteiger charge is -2.29. The van der Waals surface area contributed by atoms with Crippen molar-refractivity contribution in [1.29, 1.82) is 0 Å². The first-order valence-electron chi connectivity index (χ1n) is 10.3. The average molecular weight is 409 g/mol. The first-order valence-corrected chi connectivity index (χ1v) is 10.3. The maximum absolute atomic E-state index is 12.6. The summed E-state index contributed by atoms with van der Waals surface area (Å²) in [4.78, 5) is 19.3. The van der Waals surface area contributed by atoms with Crippen molar-refractivity contribution < 1.29 is 19.4 Å². The van der Waals surface area contributed by atoms with E-state index in [0.29, 0.717) is 37.0 Å². The van der Waals surface area contributed by atoms with Crippen LogP contribution in [-0.2, 0) is 17.8 Å². The van der Waals surface area contributed by atoms with Gasteiger partial charge in [-0.05, 0) is 37.0 Å². The summed E-state index contributed by atoms with van der Waals surface area (Å²) in [6.07, 6.45) is 3.18. The van der Waals surface area contributed by atoms with E-state index in [-0.39, 0.29) is 18.6 Å². The van der Waals surface area contributed by atoms with Crippen LogP contribution in [0.1, 0.15) is 30.4 Å². The summed E-state index contributed by atoms with van der Waals surface area (Å²) in [5.74, 6) is 1.89. The summed E-state index contributed by atoms with van der Waals surface area (Å²) in [5, 5.41) is 11.8. The Morgan fingerprint density at radius 1 is 1.17 bits per heavy atom. The molecule has 30 heavy (non-hydrogen) atoms. The number of nitrogens with one attached hydrogen (secondary N) is 1. The van der Waals surface area contributed by atoms with Gasteiger partial charge in [-0.2, -0.15) is 0 Å². The molecule has 0 aromatic heterocycles. The number of rotatable bonds is 9. The molecule has 0 saturated carbocycles. The highest BCUT2D eigenvalue weighted by atomic mass is 16.5. The number of aliphatic hydroxyl groups excluding tert-OH is 1. The molecule has 2 aromatic carbocycles. The summed E-state index contributed by atoms with van der Waals surface area (Å²) >= 11 is 0. The van der Waals surface area contributed by atoms with Crippen LogP contribution < -0.4 is 14.8 Å². The minimum Gasteiger partial charge on any atom is -0.492 e. The number of carbonyl (C=O) groups is 1. The van der Waals surface area contributed by atoms with Crippen molar-refractivity contribution in [1.82, 2.24) is 10.2 Å². The number of amides is 1. The zero-order chi connectivity index (χ0) is 20.9. The smallest absolute Gasteiger partial charge is 0.249 e. The quantitative estimate of drug-likeness (QED) is 0.623. The van der Waals surface area contributed by atoms with Crippen LogP contribution in [0.3, 0.4) is 0 Å². The Labute approximate surface area is 176 Å². The van der Waals surface area contributed by atoms with Crippen LogP contribution in [0.25, 0.3) is 0 Å². The van der Waals surface area contributed by atoms with E-state index < -0.39 is 0 Å². The van der Waals surface area contributed by atoms with Gasteiger partial charge in [-0.15, -0.1) is 0 Å². The second-order valence-corrected chi connectivity index (χ2v) is 7.49. The highest BCUT2D eigenvalue weighted by Crippen LogP contribution is 2.41. The Balaban J connectivity index is 1.54. The normalized spacial score (nSPS) is 17.1. The second kappa shape index (κ2) is 9.17. The van der Waals surface area contributed by atoms with E-state index in [4.69, 9.17) is 14.6 Å². The standard InChI is InChI=1S/C23H27N3O4/c1-29-21-17-15-26-19(14-16-8-4-2-5-9-16)22(28)25-23(26)24-18(17)10-11-20(21)30-13-7-3-6-12-27/h2,4-5,8-11,19,27H,3,6-7,12-15H2,1H3,(H,24,25,28). The van der Waals surface area contributed by atoms with Crippen molar-refractivity contribution in [2.75, 3.05) is 20.3 Å². The number of ether oxygens (including phenoxy) is 2. The number of methoxy groups -OCH3 is 1. The number of fused-ring (bicyclic) bond motifs is 2. The van der Waals surface area contributed by atoms with Gasteiger partial charge in [0.1, 0.15) is 6.04 Å². The molecule has 7 heteroatoms. The van der Waals surface area contributed by atoms with Gasteiger partial charge < -0.3 is 19.5 Å². The summed E-state index contributed by atoms with van der Waals surface area (Å²) in [7, 11) is 1.63.